The maximum absolute atomic E-state index is 6.04. The molecule has 0 radical (unpaired) electrons. The Morgan fingerprint density at radius 1 is 1.42 bits per heavy atom. The van der Waals surface area contributed by atoms with Gasteiger partial charge in [-0.3, -0.25) is 0 Å². The van der Waals surface area contributed by atoms with Crippen LogP contribution in [0.15, 0.2) is 30.9 Å². The summed E-state index contributed by atoms with van der Waals surface area (Å²) in [5.74, 6) is 2.19. The summed E-state index contributed by atoms with van der Waals surface area (Å²) in [5.41, 5.74) is 10.3. The predicted octanol–water partition coefficient (Wildman–Crippen LogP) is 4.32. The second-order valence-corrected chi connectivity index (χ2v) is 6.92. The van der Waals surface area contributed by atoms with Crippen LogP contribution in [0.5, 0.6) is 0 Å². The molecule has 0 heterocycles. The van der Waals surface area contributed by atoms with E-state index in [0.717, 1.165) is 17.5 Å². The molecule has 0 aromatic heterocycles. The van der Waals surface area contributed by atoms with Crippen LogP contribution in [0.2, 0.25) is 0 Å². The molecule has 1 aromatic carbocycles. The van der Waals surface area contributed by atoms with Gasteiger partial charge in [-0.05, 0) is 72.1 Å². The number of hydrogen-bond donors (Lipinski definition) is 1. The summed E-state index contributed by atoms with van der Waals surface area (Å²) >= 11 is 0. The number of nitrogen functional groups attached to an aromatic ring is 1. The molecule has 0 amide bonds. The zero-order chi connectivity index (χ0) is 13.6. The first kappa shape index (κ1) is 12.8. The van der Waals surface area contributed by atoms with Gasteiger partial charge in [0.2, 0.25) is 0 Å². The average Bonchev–Trinajstić information content (AvgIpc) is 2.37. The summed E-state index contributed by atoms with van der Waals surface area (Å²) in [6, 6.07) is 6.54. The first-order chi connectivity index (χ1) is 9.04. The Bertz CT molecular complexity index is 504. The number of anilines is 1. The van der Waals surface area contributed by atoms with Crippen LogP contribution in [0.25, 0.3) is 0 Å². The molecular weight excluding hydrogens is 230 g/mol. The van der Waals surface area contributed by atoms with Gasteiger partial charge >= 0.3 is 0 Å². The molecule has 1 heteroatoms. The van der Waals surface area contributed by atoms with Gasteiger partial charge in [0.25, 0.3) is 0 Å². The lowest BCUT2D eigenvalue weighted by Crippen LogP contribution is -2.45. The van der Waals surface area contributed by atoms with Gasteiger partial charge in [-0.2, -0.15) is 0 Å². The number of allylic oxidation sites excluding steroid dienone is 1. The minimum absolute atomic E-state index is 0.291. The molecule has 1 aromatic rings. The molecule has 102 valence electrons. The van der Waals surface area contributed by atoms with Gasteiger partial charge in [-0.1, -0.05) is 26.0 Å². The SMILES string of the molecule is C=CC1CC(C)CC2(C)c3cc(N)ccc3CCC12. The number of fused-ring (bicyclic) bond motifs is 3. The molecular formula is C18H25N. The van der Waals surface area contributed by atoms with E-state index in [2.05, 4.69) is 44.7 Å². The van der Waals surface area contributed by atoms with Crippen molar-refractivity contribution in [2.24, 2.45) is 17.8 Å². The number of aryl methyl sites for hydroxylation is 1. The van der Waals surface area contributed by atoms with Crippen LogP contribution >= 0.6 is 0 Å². The maximum Gasteiger partial charge on any atom is 0.0317 e. The summed E-state index contributed by atoms with van der Waals surface area (Å²) in [6.07, 6.45) is 7.31. The standard InChI is InChI=1S/C18H25N/c1-4-13-9-12(2)11-18(3)16(13)8-6-14-5-7-15(19)10-17(14)18/h4-5,7,10,12-13,16H,1,6,8-9,11,19H2,2-3H3. The van der Waals surface area contributed by atoms with E-state index in [4.69, 9.17) is 5.73 Å². The van der Waals surface area contributed by atoms with Crippen molar-refractivity contribution in [3.8, 4) is 0 Å². The second-order valence-electron chi connectivity index (χ2n) is 6.92. The third kappa shape index (κ3) is 1.91. The molecule has 4 unspecified atom stereocenters. The van der Waals surface area contributed by atoms with Crippen molar-refractivity contribution in [2.75, 3.05) is 5.73 Å². The Balaban J connectivity index is 2.11. The quantitative estimate of drug-likeness (QED) is 0.587. The third-order valence-electron chi connectivity index (χ3n) is 5.56. The highest BCUT2D eigenvalue weighted by atomic mass is 14.6. The van der Waals surface area contributed by atoms with E-state index >= 15 is 0 Å². The highest BCUT2D eigenvalue weighted by Gasteiger charge is 2.47. The van der Waals surface area contributed by atoms with Crippen LogP contribution in [-0.2, 0) is 11.8 Å². The molecule has 1 fully saturated rings. The molecule has 2 aliphatic rings. The Labute approximate surface area is 116 Å². The lowest BCUT2D eigenvalue weighted by molar-refractivity contribution is 0.0983. The van der Waals surface area contributed by atoms with E-state index in [9.17, 15) is 0 Å². The van der Waals surface area contributed by atoms with E-state index in [1.165, 1.54) is 36.8 Å². The predicted molar refractivity (Wildman–Crippen MR) is 82.1 cm³/mol. The van der Waals surface area contributed by atoms with Gasteiger partial charge in [0.1, 0.15) is 0 Å². The summed E-state index contributed by atoms with van der Waals surface area (Å²) in [4.78, 5) is 0. The Hall–Kier alpha value is -1.24. The van der Waals surface area contributed by atoms with Crippen LogP contribution in [0.1, 0.15) is 44.2 Å². The van der Waals surface area contributed by atoms with Gasteiger partial charge < -0.3 is 5.73 Å². The van der Waals surface area contributed by atoms with Crippen molar-refractivity contribution < 1.29 is 0 Å². The smallest absolute Gasteiger partial charge is 0.0317 e. The molecule has 0 saturated heterocycles. The fraction of sp³-hybridized carbons (Fsp3) is 0.556. The normalized spacial score (nSPS) is 37.3. The van der Waals surface area contributed by atoms with Gasteiger partial charge in [-0.15, -0.1) is 6.58 Å². The van der Waals surface area contributed by atoms with Crippen molar-refractivity contribution in [1.29, 1.82) is 0 Å². The molecule has 0 bridgehead atoms. The van der Waals surface area contributed by atoms with Crippen LogP contribution in [-0.4, -0.2) is 0 Å². The largest absolute Gasteiger partial charge is 0.399 e. The van der Waals surface area contributed by atoms with Crippen LogP contribution in [0, 0.1) is 17.8 Å². The van der Waals surface area contributed by atoms with Gasteiger partial charge in [0, 0.05) is 5.69 Å². The molecule has 0 spiro atoms. The summed E-state index contributed by atoms with van der Waals surface area (Å²) in [5, 5.41) is 0. The third-order valence-corrected chi connectivity index (χ3v) is 5.56. The molecule has 0 aliphatic heterocycles. The lowest BCUT2D eigenvalue weighted by atomic mass is 9.53. The molecule has 3 rings (SSSR count). The monoisotopic (exact) mass is 255 g/mol. The van der Waals surface area contributed by atoms with Crippen LogP contribution in [0.4, 0.5) is 5.69 Å². The van der Waals surface area contributed by atoms with E-state index in [1.54, 1.807) is 0 Å². The Kier molecular flexibility index (Phi) is 2.96. The topological polar surface area (TPSA) is 26.0 Å². The molecule has 4 atom stereocenters. The Morgan fingerprint density at radius 3 is 2.95 bits per heavy atom. The van der Waals surface area contributed by atoms with Crippen molar-refractivity contribution >= 4 is 5.69 Å². The minimum Gasteiger partial charge on any atom is -0.399 e. The van der Waals surface area contributed by atoms with E-state index in [-0.39, 0.29) is 0 Å². The zero-order valence-electron chi connectivity index (χ0n) is 12.2. The number of nitrogens with two attached hydrogens (primary N) is 1. The van der Waals surface area contributed by atoms with Crippen LogP contribution < -0.4 is 5.73 Å². The average molecular weight is 255 g/mol. The first-order valence-electron chi connectivity index (χ1n) is 7.56. The summed E-state index contributed by atoms with van der Waals surface area (Å²) in [6.45, 7) is 8.94. The fourth-order valence-corrected chi connectivity index (χ4v) is 4.82. The molecule has 19 heavy (non-hydrogen) atoms. The zero-order valence-corrected chi connectivity index (χ0v) is 12.2. The summed E-state index contributed by atoms with van der Waals surface area (Å²) in [7, 11) is 0. The fourth-order valence-electron chi connectivity index (χ4n) is 4.82. The van der Waals surface area contributed by atoms with E-state index in [0.29, 0.717) is 11.3 Å². The van der Waals surface area contributed by atoms with Gasteiger partial charge in [-0.25, -0.2) is 0 Å². The summed E-state index contributed by atoms with van der Waals surface area (Å²) < 4.78 is 0. The number of benzene rings is 1. The molecule has 1 saturated carbocycles. The molecule has 2 aliphatic carbocycles. The van der Waals surface area contributed by atoms with Crippen molar-refractivity contribution in [3.05, 3.63) is 42.0 Å². The van der Waals surface area contributed by atoms with E-state index < -0.39 is 0 Å². The van der Waals surface area contributed by atoms with Gasteiger partial charge in [0.15, 0.2) is 0 Å². The van der Waals surface area contributed by atoms with Crippen molar-refractivity contribution in [1.82, 2.24) is 0 Å². The molecule has 1 nitrogen and oxygen atoms in total. The number of rotatable bonds is 1. The highest BCUT2D eigenvalue weighted by Crippen LogP contribution is 2.54. The van der Waals surface area contributed by atoms with Crippen molar-refractivity contribution in [2.45, 2.75) is 44.9 Å². The lowest BCUT2D eigenvalue weighted by Gasteiger charge is -2.51. The van der Waals surface area contributed by atoms with E-state index in [1.807, 2.05) is 0 Å². The van der Waals surface area contributed by atoms with Crippen LogP contribution in [0.3, 0.4) is 0 Å². The maximum atomic E-state index is 6.04. The minimum atomic E-state index is 0.291. The highest BCUT2D eigenvalue weighted by molar-refractivity contribution is 5.49. The first-order valence-corrected chi connectivity index (χ1v) is 7.56. The second kappa shape index (κ2) is 4.40. The number of hydrogen-bond acceptors (Lipinski definition) is 1. The van der Waals surface area contributed by atoms with Crippen molar-refractivity contribution in [3.63, 3.8) is 0 Å². The molecule has 2 N–H and O–H groups in total. The van der Waals surface area contributed by atoms with Gasteiger partial charge in [0.05, 0.1) is 0 Å². The Morgan fingerprint density at radius 2 is 2.21 bits per heavy atom.